The summed E-state index contributed by atoms with van der Waals surface area (Å²) in [5, 5.41) is 0. The van der Waals surface area contributed by atoms with Crippen LogP contribution in [0.25, 0.3) is 0 Å². The van der Waals surface area contributed by atoms with E-state index in [0.29, 0.717) is 12.8 Å². The molecule has 0 saturated heterocycles. The molecule has 5 heteroatoms. The molecule has 1 aliphatic rings. The van der Waals surface area contributed by atoms with Crippen LogP contribution >= 0.6 is 0 Å². The van der Waals surface area contributed by atoms with Crippen LogP contribution in [0.2, 0.25) is 0 Å². The Balaban J connectivity index is 2.77. The van der Waals surface area contributed by atoms with E-state index in [1.165, 1.54) is 13.8 Å². The average molecular weight is 262 g/mol. The summed E-state index contributed by atoms with van der Waals surface area (Å²) in [7, 11) is 0. The summed E-state index contributed by atoms with van der Waals surface area (Å²) in [6.45, 7) is 4.71. The van der Waals surface area contributed by atoms with Gasteiger partial charge in [0, 0.05) is 18.8 Å². The van der Waals surface area contributed by atoms with Crippen molar-refractivity contribution in [3.05, 3.63) is 0 Å². The van der Waals surface area contributed by atoms with Crippen molar-refractivity contribution in [2.24, 2.45) is 11.3 Å². The van der Waals surface area contributed by atoms with Gasteiger partial charge in [0.2, 0.25) is 5.92 Å². The van der Waals surface area contributed by atoms with Gasteiger partial charge in [0.05, 0.1) is 6.61 Å². The van der Waals surface area contributed by atoms with Gasteiger partial charge in [-0.2, -0.15) is 0 Å². The Hall–Kier alpha value is -1.00. The molecule has 0 heterocycles. The van der Waals surface area contributed by atoms with Crippen LogP contribution < -0.4 is 0 Å². The molecule has 1 rings (SSSR count). The number of halogens is 2. The molecule has 0 N–H and O–H groups in total. The van der Waals surface area contributed by atoms with E-state index >= 15 is 0 Å². The van der Waals surface area contributed by atoms with E-state index in [0.717, 1.165) is 0 Å². The molecule has 3 nitrogen and oxygen atoms in total. The highest BCUT2D eigenvalue weighted by atomic mass is 19.3. The molecular formula is C13H20F2O3. The number of hydrogen-bond donors (Lipinski definition) is 0. The zero-order valence-corrected chi connectivity index (χ0v) is 11.1. The molecule has 0 aliphatic heterocycles. The lowest BCUT2D eigenvalue weighted by Gasteiger charge is -2.32. The second-order valence-corrected chi connectivity index (χ2v) is 5.36. The first-order valence-corrected chi connectivity index (χ1v) is 6.30. The van der Waals surface area contributed by atoms with Crippen LogP contribution in [-0.4, -0.2) is 24.3 Å². The first kappa shape index (κ1) is 15.1. The summed E-state index contributed by atoms with van der Waals surface area (Å²) < 4.78 is 31.4. The first-order valence-electron chi connectivity index (χ1n) is 6.30. The number of ether oxygens (including phenoxy) is 1. The molecule has 1 unspecified atom stereocenters. The van der Waals surface area contributed by atoms with E-state index < -0.39 is 35.4 Å². The van der Waals surface area contributed by atoms with Crippen LogP contribution in [0.5, 0.6) is 0 Å². The number of hydrogen-bond acceptors (Lipinski definition) is 3. The van der Waals surface area contributed by atoms with Crippen LogP contribution in [0.1, 0.15) is 46.5 Å². The molecule has 104 valence electrons. The van der Waals surface area contributed by atoms with Crippen molar-refractivity contribution >= 4 is 11.8 Å². The van der Waals surface area contributed by atoms with Gasteiger partial charge >= 0.3 is 5.97 Å². The Morgan fingerprint density at radius 3 is 2.50 bits per heavy atom. The van der Waals surface area contributed by atoms with Gasteiger partial charge in [-0.15, -0.1) is 0 Å². The highest BCUT2D eigenvalue weighted by Crippen LogP contribution is 2.40. The Morgan fingerprint density at radius 1 is 1.39 bits per heavy atom. The number of rotatable bonds is 4. The molecule has 0 aromatic heterocycles. The van der Waals surface area contributed by atoms with Crippen LogP contribution in [0.4, 0.5) is 8.78 Å². The minimum atomic E-state index is -2.79. The minimum absolute atomic E-state index is 0.170. The van der Waals surface area contributed by atoms with Crippen molar-refractivity contribution in [3.63, 3.8) is 0 Å². The standard InChI is InChI=1S/C13H20F2O3/c1-4-18-11(17)12(2,3)10(16)9-6-5-7-13(14,15)8-9/h9H,4-8H2,1-3H3. The summed E-state index contributed by atoms with van der Waals surface area (Å²) in [6, 6.07) is 0. The van der Waals surface area contributed by atoms with E-state index in [-0.39, 0.29) is 13.0 Å². The van der Waals surface area contributed by atoms with Crippen molar-refractivity contribution in [2.45, 2.75) is 52.4 Å². The van der Waals surface area contributed by atoms with Gasteiger partial charge in [0.25, 0.3) is 0 Å². The predicted octanol–water partition coefficient (Wildman–Crippen LogP) is 2.97. The van der Waals surface area contributed by atoms with Crippen molar-refractivity contribution < 1.29 is 23.1 Å². The van der Waals surface area contributed by atoms with Crippen molar-refractivity contribution in [1.29, 1.82) is 0 Å². The Bertz CT molecular complexity index is 337. The van der Waals surface area contributed by atoms with Gasteiger partial charge in [-0.05, 0) is 33.6 Å². The van der Waals surface area contributed by atoms with Gasteiger partial charge in [0.15, 0.2) is 5.78 Å². The number of carbonyl (C=O) groups excluding carboxylic acids is 2. The van der Waals surface area contributed by atoms with Crippen LogP contribution in [0.3, 0.4) is 0 Å². The van der Waals surface area contributed by atoms with Crippen LogP contribution in [-0.2, 0) is 14.3 Å². The van der Waals surface area contributed by atoms with E-state index in [4.69, 9.17) is 4.74 Å². The maximum atomic E-state index is 13.3. The third-order valence-electron chi connectivity index (χ3n) is 3.41. The number of esters is 1. The molecule has 0 bridgehead atoms. The number of ketones is 1. The second kappa shape index (κ2) is 5.33. The minimum Gasteiger partial charge on any atom is -0.465 e. The van der Waals surface area contributed by atoms with Gasteiger partial charge in [-0.3, -0.25) is 9.59 Å². The number of Topliss-reactive ketones (excluding diaryl/α,β-unsaturated/α-hetero) is 1. The summed E-state index contributed by atoms with van der Waals surface area (Å²) in [6.07, 6.45) is 0.130. The predicted molar refractivity (Wildman–Crippen MR) is 62.3 cm³/mol. The molecule has 1 fully saturated rings. The maximum absolute atomic E-state index is 13.3. The molecular weight excluding hydrogens is 242 g/mol. The van der Waals surface area contributed by atoms with Crippen molar-refractivity contribution in [1.82, 2.24) is 0 Å². The van der Waals surface area contributed by atoms with E-state index in [1.807, 2.05) is 0 Å². The second-order valence-electron chi connectivity index (χ2n) is 5.36. The zero-order chi connectivity index (χ0) is 14.0. The maximum Gasteiger partial charge on any atom is 0.319 e. The van der Waals surface area contributed by atoms with Gasteiger partial charge in [0.1, 0.15) is 5.41 Å². The molecule has 0 amide bonds. The molecule has 0 aromatic carbocycles. The van der Waals surface area contributed by atoms with Gasteiger partial charge in [-0.1, -0.05) is 0 Å². The highest BCUT2D eigenvalue weighted by Gasteiger charge is 2.46. The van der Waals surface area contributed by atoms with Gasteiger partial charge < -0.3 is 4.74 Å². The van der Waals surface area contributed by atoms with Crippen molar-refractivity contribution in [3.8, 4) is 0 Å². The fraction of sp³-hybridized carbons (Fsp3) is 0.846. The van der Waals surface area contributed by atoms with E-state index in [9.17, 15) is 18.4 Å². The summed E-state index contributed by atoms with van der Waals surface area (Å²) >= 11 is 0. The average Bonchev–Trinajstić information content (AvgIpc) is 2.26. The molecule has 1 aliphatic carbocycles. The topological polar surface area (TPSA) is 43.4 Å². The lowest BCUT2D eigenvalue weighted by atomic mass is 9.74. The normalized spacial score (nSPS) is 23.5. The molecule has 1 atom stereocenters. The summed E-state index contributed by atoms with van der Waals surface area (Å²) in [5.41, 5.74) is -1.34. The largest absolute Gasteiger partial charge is 0.465 e. The zero-order valence-electron chi connectivity index (χ0n) is 11.1. The quantitative estimate of drug-likeness (QED) is 0.578. The van der Waals surface area contributed by atoms with Crippen LogP contribution in [0.15, 0.2) is 0 Å². The Kier molecular flexibility index (Phi) is 4.46. The molecule has 0 spiro atoms. The van der Waals surface area contributed by atoms with Gasteiger partial charge in [-0.25, -0.2) is 8.78 Å². The number of alkyl halides is 2. The fourth-order valence-electron chi connectivity index (χ4n) is 2.32. The van der Waals surface area contributed by atoms with Crippen LogP contribution in [0, 0.1) is 11.3 Å². The Labute approximate surface area is 106 Å². The molecule has 0 aromatic rings. The molecule has 18 heavy (non-hydrogen) atoms. The molecule has 0 radical (unpaired) electrons. The smallest absolute Gasteiger partial charge is 0.319 e. The monoisotopic (exact) mass is 262 g/mol. The lowest BCUT2D eigenvalue weighted by molar-refractivity contribution is -0.161. The highest BCUT2D eigenvalue weighted by molar-refractivity contribution is 6.04. The Morgan fingerprint density at radius 2 is 2.00 bits per heavy atom. The fourth-order valence-corrected chi connectivity index (χ4v) is 2.32. The lowest BCUT2D eigenvalue weighted by Crippen LogP contribution is -2.42. The summed E-state index contributed by atoms with van der Waals surface area (Å²) in [5.74, 6) is -4.60. The van der Waals surface area contributed by atoms with E-state index in [2.05, 4.69) is 0 Å². The molecule has 1 saturated carbocycles. The van der Waals surface area contributed by atoms with Crippen molar-refractivity contribution in [2.75, 3.05) is 6.61 Å². The summed E-state index contributed by atoms with van der Waals surface area (Å²) in [4.78, 5) is 23.9. The van der Waals surface area contributed by atoms with E-state index in [1.54, 1.807) is 6.92 Å². The number of carbonyl (C=O) groups is 2. The SMILES string of the molecule is CCOC(=O)C(C)(C)C(=O)C1CCCC(F)(F)C1. The third kappa shape index (κ3) is 3.27. The third-order valence-corrected chi connectivity index (χ3v) is 3.41. The first-order chi connectivity index (χ1) is 8.20.